The zero-order valence-corrected chi connectivity index (χ0v) is 13.7. The molecule has 0 saturated carbocycles. The second kappa shape index (κ2) is 8.56. The first kappa shape index (κ1) is 17.3. The number of hydrogen-bond donors (Lipinski definition) is 2. The number of aliphatic hydroxyl groups excluding tert-OH is 1. The molecule has 2 rings (SSSR count). The lowest BCUT2D eigenvalue weighted by molar-refractivity contribution is -0.127. The van der Waals surface area contributed by atoms with Crippen LogP contribution < -0.4 is 10.1 Å². The van der Waals surface area contributed by atoms with Crippen LogP contribution in [0, 0.1) is 0 Å². The third-order valence-corrected chi connectivity index (χ3v) is 3.60. The fourth-order valence-electron chi connectivity index (χ4n) is 2.14. The molecule has 0 bridgehead atoms. The van der Waals surface area contributed by atoms with Gasteiger partial charge in [0.25, 0.3) is 5.91 Å². The van der Waals surface area contributed by atoms with Crippen LogP contribution in [0.15, 0.2) is 48.5 Å². The van der Waals surface area contributed by atoms with Crippen molar-refractivity contribution in [2.45, 2.75) is 26.1 Å². The van der Waals surface area contributed by atoms with Gasteiger partial charge in [-0.3, -0.25) is 4.79 Å². The van der Waals surface area contributed by atoms with Crippen LogP contribution in [0.25, 0.3) is 0 Å². The van der Waals surface area contributed by atoms with Gasteiger partial charge in [0.15, 0.2) is 6.10 Å². The Labute approximate surface area is 141 Å². The number of nitrogens with one attached hydrogen (secondary N) is 1. The molecule has 0 aliphatic rings. The van der Waals surface area contributed by atoms with Gasteiger partial charge >= 0.3 is 0 Å². The Kier molecular flexibility index (Phi) is 6.44. The van der Waals surface area contributed by atoms with Gasteiger partial charge in [0.05, 0.1) is 6.61 Å². The van der Waals surface area contributed by atoms with E-state index in [2.05, 4.69) is 5.32 Å². The Morgan fingerprint density at radius 2 is 1.96 bits per heavy atom. The van der Waals surface area contributed by atoms with E-state index in [0.29, 0.717) is 23.7 Å². The van der Waals surface area contributed by atoms with Gasteiger partial charge in [-0.25, -0.2) is 0 Å². The smallest absolute Gasteiger partial charge is 0.260 e. The maximum atomic E-state index is 12.0. The highest BCUT2D eigenvalue weighted by Gasteiger charge is 2.14. The van der Waals surface area contributed by atoms with Crippen molar-refractivity contribution < 1.29 is 14.6 Å². The van der Waals surface area contributed by atoms with Crippen LogP contribution in [0.4, 0.5) is 0 Å². The fraction of sp³-hybridized carbons (Fsp3) is 0.278. The van der Waals surface area contributed by atoms with Crippen molar-refractivity contribution in [3.63, 3.8) is 0 Å². The third-order valence-electron chi connectivity index (χ3n) is 3.37. The highest BCUT2D eigenvalue weighted by atomic mass is 35.5. The maximum Gasteiger partial charge on any atom is 0.260 e. The number of hydrogen-bond acceptors (Lipinski definition) is 3. The molecule has 0 spiro atoms. The van der Waals surface area contributed by atoms with Crippen LogP contribution in [-0.2, 0) is 17.8 Å². The van der Waals surface area contributed by atoms with Gasteiger partial charge in [0, 0.05) is 11.6 Å². The first-order valence-corrected chi connectivity index (χ1v) is 7.85. The van der Waals surface area contributed by atoms with Gasteiger partial charge < -0.3 is 15.2 Å². The van der Waals surface area contributed by atoms with Gasteiger partial charge in [-0.2, -0.15) is 0 Å². The monoisotopic (exact) mass is 333 g/mol. The van der Waals surface area contributed by atoms with E-state index < -0.39 is 6.10 Å². The van der Waals surface area contributed by atoms with Crippen molar-refractivity contribution in [3.8, 4) is 5.75 Å². The van der Waals surface area contributed by atoms with Gasteiger partial charge in [0.1, 0.15) is 5.75 Å². The number of aliphatic hydroxyl groups is 1. The predicted octanol–water partition coefficient (Wildman–Crippen LogP) is 2.96. The Balaban J connectivity index is 1.80. The minimum Gasteiger partial charge on any atom is -0.481 e. The summed E-state index contributed by atoms with van der Waals surface area (Å²) < 4.78 is 5.60. The Morgan fingerprint density at radius 1 is 1.22 bits per heavy atom. The van der Waals surface area contributed by atoms with E-state index in [1.807, 2.05) is 24.3 Å². The van der Waals surface area contributed by atoms with E-state index in [1.165, 1.54) is 0 Å². The average molecular weight is 334 g/mol. The van der Waals surface area contributed by atoms with Gasteiger partial charge in [-0.1, -0.05) is 35.9 Å². The van der Waals surface area contributed by atoms with Crippen LogP contribution in [0.3, 0.4) is 0 Å². The van der Waals surface area contributed by atoms with Crippen LogP contribution in [0.5, 0.6) is 5.75 Å². The molecule has 0 aliphatic heterocycles. The summed E-state index contributed by atoms with van der Waals surface area (Å²) in [5, 5.41) is 12.6. The standard InChI is InChI=1S/C18H20ClNO3/c1-13(23-17-7-3-5-15(11-17)12-21)18(22)20-9-8-14-4-2-6-16(19)10-14/h2-7,10-11,13,21H,8-9,12H2,1H3,(H,20,22). The first-order valence-electron chi connectivity index (χ1n) is 7.47. The minimum atomic E-state index is -0.608. The lowest BCUT2D eigenvalue weighted by atomic mass is 10.1. The van der Waals surface area contributed by atoms with Gasteiger partial charge in [-0.15, -0.1) is 0 Å². The Morgan fingerprint density at radius 3 is 2.70 bits per heavy atom. The molecule has 2 N–H and O–H groups in total. The van der Waals surface area contributed by atoms with Crippen molar-refractivity contribution in [1.29, 1.82) is 0 Å². The van der Waals surface area contributed by atoms with Crippen molar-refractivity contribution in [2.75, 3.05) is 6.54 Å². The number of halogens is 1. The molecule has 1 atom stereocenters. The molecule has 23 heavy (non-hydrogen) atoms. The summed E-state index contributed by atoms with van der Waals surface area (Å²) in [6.45, 7) is 2.15. The average Bonchev–Trinajstić information content (AvgIpc) is 2.55. The van der Waals surface area contributed by atoms with Crippen molar-refractivity contribution >= 4 is 17.5 Å². The second-order valence-corrected chi connectivity index (χ2v) is 5.67. The number of rotatable bonds is 7. The quantitative estimate of drug-likeness (QED) is 0.819. The van der Waals surface area contributed by atoms with E-state index >= 15 is 0 Å². The molecule has 1 amide bonds. The lowest BCUT2D eigenvalue weighted by Gasteiger charge is -2.15. The highest BCUT2D eigenvalue weighted by Crippen LogP contribution is 2.15. The zero-order valence-electron chi connectivity index (χ0n) is 13.0. The van der Waals surface area contributed by atoms with Crippen LogP contribution >= 0.6 is 11.6 Å². The molecule has 0 heterocycles. The zero-order chi connectivity index (χ0) is 16.7. The summed E-state index contributed by atoms with van der Waals surface area (Å²) in [6.07, 6.45) is 0.0993. The van der Waals surface area contributed by atoms with Crippen molar-refractivity contribution in [2.24, 2.45) is 0 Å². The maximum absolute atomic E-state index is 12.0. The molecule has 1 unspecified atom stereocenters. The minimum absolute atomic E-state index is 0.0581. The summed E-state index contributed by atoms with van der Waals surface area (Å²) >= 11 is 5.93. The van der Waals surface area contributed by atoms with Gasteiger partial charge in [-0.05, 0) is 48.7 Å². The van der Waals surface area contributed by atoms with E-state index in [4.69, 9.17) is 21.4 Å². The van der Waals surface area contributed by atoms with E-state index in [-0.39, 0.29) is 12.5 Å². The topological polar surface area (TPSA) is 58.6 Å². The molecule has 0 fully saturated rings. The summed E-state index contributed by atoms with van der Waals surface area (Å²) in [4.78, 5) is 12.0. The fourth-order valence-corrected chi connectivity index (χ4v) is 2.35. The number of benzene rings is 2. The largest absolute Gasteiger partial charge is 0.481 e. The first-order chi connectivity index (χ1) is 11.1. The van der Waals surface area contributed by atoms with Gasteiger partial charge in [0.2, 0.25) is 0 Å². The van der Waals surface area contributed by atoms with Crippen LogP contribution in [0.2, 0.25) is 5.02 Å². The number of carbonyl (C=O) groups excluding carboxylic acids is 1. The summed E-state index contributed by atoms with van der Waals surface area (Å²) in [5.74, 6) is 0.385. The number of carbonyl (C=O) groups is 1. The Hall–Kier alpha value is -2.04. The van der Waals surface area contributed by atoms with Crippen LogP contribution in [-0.4, -0.2) is 23.7 Å². The second-order valence-electron chi connectivity index (χ2n) is 5.24. The molecular weight excluding hydrogens is 314 g/mol. The molecule has 0 saturated heterocycles. The summed E-state index contributed by atoms with van der Waals surface area (Å²) in [5.41, 5.74) is 1.82. The summed E-state index contributed by atoms with van der Waals surface area (Å²) in [6, 6.07) is 14.6. The molecule has 0 radical (unpaired) electrons. The molecule has 5 heteroatoms. The molecule has 0 aliphatic carbocycles. The van der Waals surface area contributed by atoms with Crippen molar-refractivity contribution in [3.05, 3.63) is 64.7 Å². The summed E-state index contributed by atoms with van der Waals surface area (Å²) in [7, 11) is 0. The third kappa shape index (κ3) is 5.58. The molecular formula is C18H20ClNO3. The normalized spacial score (nSPS) is 11.8. The number of ether oxygens (including phenoxy) is 1. The molecule has 0 aromatic heterocycles. The van der Waals surface area contributed by atoms with Crippen molar-refractivity contribution in [1.82, 2.24) is 5.32 Å². The predicted molar refractivity (Wildman–Crippen MR) is 90.6 cm³/mol. The van der Waals surface area contributed by atoms with Crippen LogP contribution in [0.1, 0.15) is 18.1 Å². The van der Waals surface area contributed by atoms with E-state index in [9.17, 15) is 4.79 Å². The molecule has 2 aromatic rings. The molecule has 2 aromatic carbocycles. The van der Waals surface area contributed by atoms with E-state index in [1.54, 1.807) is 31.2 Å². The molecule has 122 valence electrons. The Bertz CT molecular complexity index is 660. The SMILES string of the molecule is CC(Oc1cccc(CO)c1)C(=O)NCCc1cccc(Cl)c1. The highest BCUT2D eigenvalue weighted by molar-refractivity contribution is 6.30. The van der Waals surface area contributed by atoms with E-state index in [0.717, 1.165) is 11.1 Å². The lowest BCUT2D eigenvalue weighted by Crippen LogP contribution is -2.37. The number of amides is 1. The molecule has 4 nitrogen and oxygen atoms in total.